The molecular formula is C11H10BrF4NO2. The van der Waals surface area contributed by atoms with Gasteiger partial charge in [-0.1, -0.05) is 15.9 Å². The van der Waals surface area contributed by atoms with Gasteiger partial charge >= 0.3 is 6.18 Å². The number of benzene rings is 1. The number of amides is 1. The van der Waals surface area contributed by atoms with Gasteiger partial charge in [0.1, 0.15) is 11.4 Å². The van der Waals surface area contributed by atoms with Crippen LogP contribution in [-0.2, 0) is 11.0 Å². The van der Waals surface area contributed by atoms with Gasteiger partial charge in [-0.2, -0.15) is 13.2 Å². The largest absolute Gasteiger partial charge is 0.419 e. The summed E-state index contributed by atoms with van der Waals surface area (Å²) >= 11 is 2.89. The Kier molecular flexibility index (Phi) is 4.57. The van der Waals surface area contributed by atoms with Gasteiger partial charge in [0, 0.05) is 11.0 Å². The van der Waals surface area contributed by atoms with Gasteiger partial charge in [-0.3, -0.25) is 4.79 Å². The zero-order valence-corrected chi connectivity index (χ0v) is 11.3. The van der Waals surface area contributed by atoms with Gasteiger partial charge in [-0.05, 0) is 25.1 Å². The number of anilines is 1. The van der Waals surface area contributed by atoms with E-state index in [9.17, 15) is 27.5 Å². The molecule has 0 radical (unpaired) electrons. The minimum absolute atomic E-state index is 0.0981. The molecule has 0 saturated carbocycles. The normalized spacial score (nSPS) is 14.9. The lowest BCUT2D eigenvalue weighted by molar-refractivity contribution is -0.140. The number of carbonyl (C=O) groups excluding carboxylic acids is 1. The van der Waals surface area contributed by atoms with Crippen molar-refractivity contribution in [1.82, 2.24) is 0 Å². The molecule has 0 heterocycles. The molecule has 0 spiro atoms. The third-order valence-corrected chi connectivity index (χ3v) is 3.37. The molecule has 1 atom stereocenters. The summed E-state index contributed by atoms with van der Waals surface area (Å²) in [5.74, 6) is -2.33. The average Bonchev–Trinajstić information content (AvgIpc) is 2.30. The van der Waals surface area contributed by atoms with Crippen molar-refractivity contribution < 1.29 is 27.5 Å². The number of aliphatic hydroxyl groups is 1. The molecule has 1 aromatic carbocycles. The molecule has 1 aromatic rings. The van der Waals surface area contributed by atoms with Crippen molar-refractivity contribution in [2.75, 3.05) is 10.6 Å². The Morgan fingerprint density at radius 2 is 2.00 bits per heavy atom. The Balaban J connectivity index is 3.02. The van der Waals surface area contributed by atoms with Gasteiger partial charge in [0.05, 0.1) is 5.56 Å². The lowest BCUT2D eigenvalue weighted by Gasteiger charge is -2.19. The van der Waals surface area contributed by atoms with Crippen molar-refractivity contribution in [3.63, 3.8) is 0 Å². The van der Waals surface area contributed by atoms with Crippen molar-refractivity contribution in [2.24, 2.45) is 0 Å². The van der Waals surface area contributed by atoms with E-state index in [1.54, 1.807) is 0 Å². The van der Waals surface area contributed by atoms with E-state index in [4.69, 9.17) is 0 Å². The summed E-state index contributed by atoms with van der Waals surface area (Å²) in [6.45, 7) is 1.19. The van der Waals surface area contributed by atoms with Crippen LogP contribution in [0, 0.1) is 5.82 Å². The molecule has 0 saturated heterocycles. The number of halogens is 5. The zero-order chi connectivity index (χ0) is 14.8. The first-order chi connectivity index (χ1) is 8.58. The van der Waals surface area contributed by atoms with Crippen molar-refractivity contribution >= 4 is 27.5 Å². The smallest absolute Gasteiger partial charge is 0.379 e. The van der Waals surface area contributed by atoms with E-state index >= 15 is 0 Å². The maximum absolute atomic E-state index is 13.0. The highest BCUT2D eigenvalue weighted by molar-refractivity contribution is 9.09. The fraction of sp³-hybridized carbons (Fsp3) is 0.364. The van der Waals surface area contributed by atoms with Gasteiger partial charge < -0.3 is 10.4 Å². The van der Waals surface area contributed by atoms with Gasteiger partial charge in [-0.15, -0.1) is 0 Å². The molecule has 19 heavy (non-hydrogen) atoms. The Morgan fingerprint density at radius 3 is 2.47 bits per heavy atom. The molecule has 106 valence electrons. The summed E-state index contributed by atoms with van der Waals surface area (Å²) in [4.78, 5) is 11.5. The van der Waals surface area contributed by atoms with Gasteiger partial charge in [0.25, 0.3) is 5.91 Å². The number of carbonyl (C=O) groups is 1. The van der Waals surface area contributed by atoms with Crippen LogP contribution < -0.4 is 5.32 Å². The Bertz CT molecular complexity index is 488. The predicted octanol–water partition coefficient (Wildman–Crippen LogP) is 2.93. The monoisotopic (exact) mass is 343 g/mol. The average molecular weight is 344 g/mol. The summed E-state index contributed by atoms with van der Waals surface area (Å²) in [6, 6.07) is 2.05. The second-order valence-electron chi connectivity index (χ2n) is 4.05. The fourth-order valence-corrected chi connectivity index (χ4v) is 1.40. The minimum atomic E-state index is -4.86. The second-order valence-corrected chi connectivity index (χ2v) is 4.61. The third-order valence-electron chi connectivity index (χ3n) is 2.28. The molecule has 0 aliphatic rings. The topological polar surface area (TPSA) is 49.3 Å². The molecule has 0 aromatic heterocycles. The number of nitrogens with one attached hydrogen (secondary N) is 1. The Morgan fingerprint density at radius 1 is 1.42 bits per heavy atom. The molecule has 2 N–H and O–H groups in total. The standard InChI is InChI=1S/C11H10BrF4NO2/c1-10(19,5-12)9(18)17-6-2-3-8(13)7(4-6)11(14,15)16/h2-4,19H,5H2,1H3,(H,17,18). The lowest BCUT2D eigenvalue weighted by atomic mass is 10.1. The summed E-state index contributed by atoms with van der Waals surface area (Å²) in [5, 5.41) is 11.6. The summed E-state index contributed by atoms with van der Waals surface area (Å²) in [7, 11) is 0. The molecule has 0 aliphatic carbocycles. The highest BCUT2D eigenvalue weighted by Crippen LogP contribution is 2.33. The number of rotatable bonds is 3. The van der Waals surface area contributed by atoms with Crippen LogP contribution in [0.15, 0.2) is 18.2 Å². The zero-order valence-electron chi connectivity index (χ0n) is 9.68. The van der Waals surface area contributed by atoms with E-state index < -0.39 is 29.1 Å². The molecule has 1 amide bonds. The van der Waals surface area contributed by atoms with E-state index in [1.807, 2.05) is 0 Å². The van der Waals surface area contributed by atoms with Crippen LogP contribution in [0.2, 0.25) is 0 Å². The summed E-state index contributed by atoms with van der Waals surface area (Å²) in [5.41, 5.74) is -3.52. The molecule has 0 aliphatic heterocycles. The maximum atomic E-state index is 13.0. The van der Waals surface area contributed by atoms with E-state index in [2.05, 4.69) is 21.2 Å². The molecule has 3 nitrogen and oxygen atoms in total. The van der Waals surface area contributed by atoms with Crippen LogP contribution in [0.5, 0.6) is 0 Å². The number of hydrogen-bond donors (Lipinski definition) is 2. The lowest BCUT2D eigenvalue weighted by Crippen LogP contribution is -2.41. The molecule has 8 heteroatoms. The van der Waals surface area contributed by atoms with Crippen LogP contribution in [-0.4, -0.2) is 21.9 Å². The van der Waals surface area contributed by atoms with E-state index in [1.165, 1.54) is 6.92 Å². The quantitative estimate of drug-likeness (QED) is 0.654. The van der Waals surface area contributed by atoms with E-state index in [0.29, 0.717) is 12.1 Å². The molecular weight excluding hydrogens is 334 g/mol. The minimum Gasteiger partial charge on any atom is -0.379 e. The van der Waals surface area contributed by atoms with Crippen molar-refractivity contribution in [2.45, 2.75) is 18.7 Å². The second kappa shape index (κ2) is 5.46. The van der Waals surface area contributed by atoms with Crippen LogP contribution in [0.4, 0.5) is 23.2 Å². The Hall–Kier alpha value is -1.15. The van der Waals surface area contributed by atoms with Crippen molar-refractivity contribution in [1.29, 1.82) is 0 Å². The highest BCUT2D eigenvalue weighted by atomic mass is 79.9. The molecule has 1 unspecified atom stereocenters. The van der Waals surface area contributed by atoms with Crippen molar-refractivity contribution in [3.05, 3.63) is 29.6 Å². The fourth-order valence-electron chi connectivity index (χ4n) is 1.15. The predicted molar refractivity (Wildman–Crippen MR) is 64.4 cm³/mol. The SMILES string of the molecule is CC(O)(CBr)C(=O)Nc1ccc(F)c(C(F)(F)F)c1. The number of alkyl halides is 4. The Labute approximate surface area is 114 Å². The highest BCUT2D eigenvalue weighted by Gasteiger charge is 2.35. The molecule has 0 bridgehead atoms. The molecule has 0 fully saturated rings. The first-order valence-electron chi connectivity index (χ1n) is 5.04. The summed E-state index contributed by atoms with van der Waals surface area (Å²) < 4.78 is 50.4. The molecule has 1 rings (SSSR count). The van der Waals surface area contributed by atoms with Crippen LogP contribution >= 0.6 is 15.9 Å². The van der Waals surface area contributed by atoms with E-state index in [-0.39, 0.29) is 11.0 Å². The van der Waals surface area contributed by atoms with Crippen LogP contribution in [0.25, 0.3) is 0 Å². The van der Waals surface area contributed by atoms with Crippen molar-refractivity contribution in [3.8, 4) is 0 Å². The van der Waals surface area contributed by atoms with Gasteiger partial charge in [-0.25, -0.2) is 4.39 Å². The van der Waals surface area contributed by atoms with Crippen LogP contribution in [0.1, 0.15) is 12.5 Å². The maximum Gasteiger partial charge on any atom is 0.419 e. The first-order valence-corrected chi connectivity index (χ1v) is 6.16. The summed E-state index contributed by atoms with van der Waals surface area (Å²) in [6.07, 6.45) is -4.86. The van der Waals surface area contributed by atoms with Crippen LogP contribution in [0.3, 0.4) is 0 Å². The first kappa shape index (κ1) is 15.9. The van der Waals surface area contributed by atoms with E-state index in [0.717, 1.165) is 6.07 Å². The number of hydrogen-bond acceptors (Lipinski definition) is 2. The van der Waals surface area contributed by atoms with Gasteiger partial charge in [0.2, 0.25) is 0 Å². The third kappa shape index (κ3) is 3.90. The van der Waals surface area contributed by atoms with Gasteiger partial charge in [0.15, 0.2) is 0 Å².